The highest BCUT2D eigenvalue weighted by molar-refractivity contribution is 7.92. The number of anilines is 2. The molecule has 0 bridgehead atoms. The molecule has 31 heavy (non-hydrogen) atoms. The summed E-state index contributed by atoms with van der Waals surface area (Å²) >= 11 is 18.5. The average Bonchev–Trinajstić information content (AvgIpc) is 2.69. The summed E-state index contributed by atoms with van der Waals surface area (Å²) < 4.78 is 28.6. The Morgan fingerprint density at radius 2 is 1.84 bits per heavy atom. The van der Waals surface area contributed by atoms with E-state index in [2.05, 4.69) is 20.3 Å². The SMILES string of the molecule is Cc1cc(S(=O)(=O)Nc2cc(Cl)cnc2C2NC(=O)Nc3cccc(Cl)c32)ccc1Cl. The van der Waals surface area contributed by atoms with E-state index in [0.29, 0.717) is 26.9 Å². The van der Waals surface area contributed by atoms with E-state index >= 15 is 0 Å². The van der Waals surface area contributed by atoms with Crippen molar-refractivity contribution in [2.75, 3.05) is 10.0 Å². The molecule has 11 heteroatoms. The number of sulfonamides is 1. The molecule has 0 aliphatic carbocycles. The van der Waals surface area contributed by atoms with Gasteiger partial charge >= 0.3 is 6.03 Å². The van der Waals surface area contributed by atoms with Crippen LogP contribution < -0.4 is 15.4 Å². The quantitative estimate of drug-likeness (QED) is 0.451. The maximum atomic E-state index is 13.0. The van der Waals surface area contributed by atoms with Gasteiger partial charge in [0.25, 0.3) is 10.0 Å². The third-order valence-corrected chi connectivity index (χ3v) is 7.03. The molecule has 2 amide bonds. The molecule has 1 aliphatic heterocycles. The van der Waals surface area contributed by atoms with E-state index in [1.54, 1.807) is 25.1 Å². The number of aryl methyl sites for hydroxylation is 1. The molecule has 1 unspecified atom stereocenters. The van der Waals surface area contributed by atoms with Gasteiger partial charge in [-0.05, 0) is 48.9 Å². The number of carbonyl (C=O) groups is 1. The molecular formula is C20H15Cl3N4O3S. The predicted molar refractivity (Wildman–Crippen MR) is 122 cm³/mol. The van der Waals surface area contributed by atoms with Crippen LogP contribution in [0.1, 0.15) is 22.9 Å². The number of nitrogens with one attached hydrogen (secondary N) is 3. The van der Waals surface area contributed by atoms with E-state index in [1.165, 1.54) is 30.5 Å². The number of hydrogen-bond acceptors (Lipinski definition) is 4. The monoisotopic (exact) mass is 496 g/mol. The van der Waals surface area contributed by atoms with Crippen LogP contribution in [0.5, 0.6) is 0 Å². The molecule has 0 saturated carbocycles. The highest BCUT2D eigenvalue weighted by atomic mass is 35.5. The Kier molecular flexibility index (Phi) is 5.74. The largest absolute Gasteiger partial charge is 0.325 e. The van der Waals surface area contributed by atoms with E-state index in [9.17, 15) is 13.2 Å². The molecule has 0 radical (unpaired) electrons. The number of pyridine rings is 1. The van der Waals surface area contributed by atoms with E-state index in [4.69, 9.17) is 34.8 Å². The molecule has 1 aromatic heterocycles. The van der Waals surface area contributed by atoms with Crippen molar-refractivity contribution in [2.45, 2.75) is 17.9 Å². The summed E-state index contributed by atoms with van der Waals surface area (Å²) in [6.45, 7) is 1.71. The highest BCUT2D eigenvalue weighted by Gasteiger charge is 2.31. The molecule has 7 nitrogen and oxygen atoms in total. The van der Waals surface area contributed by atoms with Gasteiger partial charge in [0.05, 0.1) is 21.3 Å². The molecule has 0 spiro atoms. The third kappa shape index (κ3) is 4.29. The summed E-state index contributed by atoms with van der Waals surface area (Å²) in [4.78, 5) is 16.5. The fourth-order valence-electron chi connectivity index (χ4n) is 3.26. The molecule has 0 fully saturated rings. The van der Waals surface area contributed by atoms with Crippen LogP contribution in [-0.4, -0.2) is 19.4 Å². The van der Waals surface area contributed by atoms with Gasteiger partial charge in [0.15, 0.2) is 0 Å². The van der Waals surface area contributed by atoms with Gasteiger partial charge in [0.1, 0.15) is 6.04 Å². The second-order valence-electron chi connectivity index (χ2n) is 6.84. The zero-order chi connectivity index (χ0) is 22.3. The first kappa shape index (κ1) is 21.7. The van der Waals surface area contributed by atoms with Gasteiger partial charge in [-0.1, -0.05) is 40.9 Å². The molecule has 0 saturated heterocycles. The minimum Gasteiger partial charge on any atom is -0.325 e. The molecule has 4 rings (SSSR count). The lowest BCUT2D eigenvalue weighted by atomic mass is 9.98. The Morgan fingerprint density at radius 3 is 2.58 bits per heavy atom. The number of hydrogen-bond donors (Lipinski definition) is 3. The Hall–Kier alpha value is -2.52. The van der Waals surface area contributed by atoms with Crippen LogP contribution >= 0.6 is 34.8 Å². The van der Waals surface area contributed by atoms with Crippen molar-refractivity contribution in [3.63, 3.8) is 0 Å². The van der Waals surface area contributed by atoms with Gasteiger partial charge in [0, 0.05) is 27.5 Å². The van der Waals surface area contributed by atoms with Crippen LogP contribution in [0.15, 0.2) is 53.6 Å². The molecule has 1 aliphatic rings. The third-order valence-electron chi connectivity index (χ3n) is 4.71. The number of rotatable bonds is 4. The summed E-state index contributed by atoms with van der Waals surface area (Å²) in [5, 5.41) is 6.47. The van der Waals surface area contributed by atoms with Crippen LogP contribution in [0, 0.1) is 6.92 Å². The fraction of sp³-hybridized carbons (Fsp3) is 0.100. The van der Waals surface area contributed by atoms with Crippen molar-refractivity contribution in [3.8, 4) is 0 Å². The standard InChI is InChI=1S/C20H15Cl3N4O3S/c1-10-7-12(5-6-13(10)22)31(29,30)27-16-8-11(21)9-24-18(16)19-17-14(23)3-2-4-15(17)25-20(28)26-19/h2-9,19,27H,1H3,(H2,25,26,28). The number of fused-ring (bicyclic) bond motifs is 1. The first-order valence-electron chi connectivity index (χ1n) is 8.96. The normalized spacial score (nSPS) is 15.6. The zero-order valence-corrected chi connectivity index (χ0v) is 19.0. The summed E-state index contributed by atoms with van der Waals surface area (Å²) in [5.74, 6) is 0. The number of urea groups is 1. The minimum absolute atomic E-state index is 0.0214. The topological polar surface area (TPSA) is 100 Å². The second kappa shape index (κ2) is 8.20. The predicted octanol–water partition coefficient (Wildman–Crippen LogP) is 5.38. The van der Waals surface area contributed by atoms with Gasteiger partial charge in [0.2, 0.25) is 0 Å². The number of aromatic nitrogens is 1. The van der Waals surface area contributed by atoms with Crippen molar-refractivity contribution in [3.05, 3.63) is 80.6 Å². The van der Waals surface area contributed by atoms with Crippen LogP contribution in [0.3, 0.4) is 0 Å². The van der Waals surface area contributed by atoms with Crippen molar-refractivity contribution >= 4 is 62.2 Å². The van der Waals surface area contributed by atoms with Gasteiger partial charge < -0.3 is 10.6 Å². The molecule has 2 heterocycles. The lowest BCUT2D eigenvalue weighted by Gasteiger charge is -2.29. The first-order valence-corrected chi connectivity index (χ1v) is 11.6. The van der Waals surface area contributed by atoms with Crippen molar-refractivity contribution in [2.24, 2.45) is 0 Å². The Morgan fingerprint density at radius 1 is 1.06 bits per heavy atom. The maximum absolute atomic E-state index is 13.0. The molecule has 1 atom stereocenters. The van der Waals surface area contributed by atoms with E-state index in [0.717, 1.165) is 0 Å². The molecule has 3 aromatic rings. The fourth-order valence-corrected chi connectivity index (χ4v) is 4.96. The smallest absolute Gasteiger partial charge is 0.320 e. The molecular weight excluding hydrogens is 483 g/mol. The van der Waals surface area contributed by atoms with Crippen LogP contribution in [0.4, 0.5) is 16.2 Å². The van der Waals surface area contributed by atoms with Crippen LogP contribution in [-0.2, 0) is 10.0 Å². The first-order chi connectivity index (χ1) is 14.7. The van der Waals surface area contributed by atoms with Crippen LogP contribution in [0.2, 0.25) is 15.1 Å². The molecule has 3 N–H and O–H groups in total. The van der Waals surface area contributed by atoms with Crippen molar-refractivity contribution < 1.29 is 13.2 Å². The summed E-state index contributed by atoms with van der Waals surface area (Å²) in [6, 6.07) is 9.57. The lowest BCUT2D eigenvalue weighted by molar-refractivity contribution is 0.249. The Labute approximate surface area is 193 Å². The van der Waals surface area contributed by atoms with E-state index in [1.807, 2.05) is 0 Å². The summed E-state index contributed by atoms with van der Waals surface area (Å²) in [5.41, 5.74) is 2.02. The van der Waals surface area contributed by atoms with Crippen LogP contribution in [0.25, 0.3) is 0 Å². The lowest BCUT2D eigenvalue weighted by Crippen LogP contribution is -2.39. The average molecular weight is 498 g/mol. The number of nitrogens with zero attached hydrogens (tertiary/aromatic N) is 1. The van der Waals surface area contributed by atoms with Gasteiger partial charge in [-0.25, -0.2) is 13.2 Å². The Bertz CT molecular complexity index is 1320. The molecule has 160 valence electrons. The van der Waals surface area contributed by atoms with Gasteiger partial charge in [-0.2, -0.15) is 0 Å². The minimum atomic E-state index is -4.00. The maximum Gasteiger partial charge on any atom is 0.320 e. The zero-order valence-electron chi connectivity index (χ0n) is 15.9. The highest BCUT2D eigenvalue weighted by Crippen LogP contribution is 2.39. The second-order valence-corrected chi connectivity index (χ2v) is 9.77. The van der Waals surface area contributed by atoms with Gasteiger partial charge in [-0.15, -0.1) is 0 Å². The van der Waals surface area contributed by atoms with E-state index in [-0.39, 0.29) is 21.3 Å². The number of carbonyl (C=O) groups excluding carboxylic acids is 1. The number of benzene rings is 2. The summed E-state index contributed by atoms with van der Waals surface area (Å²) in [7, 11) is -4.00. The number of amides is 2. The molecule has 2 aromatic carbocycles. The van der Waals surface area contributed by atoms with Gasteiger partial charge in [-0.3, -0.25) is 9.71 Å². The van der Waals surface area contributed by atoms with E-state index < -0.39 is 22.1 Å². The Balaban J connectivity index is 1.81. The number of halogens is 3. The van der Waals surface area contributed by atoms with Crippen molar-refractivity contribution in [1.82, 2.24) is 10.3 Å². The summed E-state index contributed by atoms with van der Waals surface area (Å²) in [6.07, 6.45) is 1.37. The van der Waals surface area contributed by atoms with Crippen molar-refractivity contribution in [1.29, 1.82) is 0 Å².